The summed E-state index contributed by atoms with van der Waals surface area (Å²) in [5, 5.41) is 11.6. The maximum Gasteiger partial charge on any atom is 0.417 e. The molecule has 1 atom stereocenters. The number of halogens is 4. The zero-order valence-corrected chi connectivity index (χ0v) is 18.3. The van der Waals surface area contributed by atoms with E-state index in [1.54, 1.807) is 0 Å². The van der Waals surface area contributed by atoms with Crippen molar-refractivity contribution in [2.75, 3.05) is 0 Å². The van der Waals surface area contributed by atoms with E-state index < -0.39 is 22.2 Å². The lowest BCUT2D eigenvalue weighted by atomic mass is 9.92. The fourth-order valence-corrected chi connectivity index (χ4v) is 3.99. The zero-order valence-electron chi connectivity index (χ0n) is 17.5. The Morgan fingerprint density at radius 3 is 2.73 bits per heavy atom. The molecule has 172 valence electrons. The highest BCUT2D eigenvalue weighted by molar-refractivity contribution is 6.31. The first-order valence-electron chi connectivity index (χ1n) is 10.5. The van der Waals surface area contributed by atoms with Crippen molar-refractivity contribution in [2.45, 2.75) is 50.9 Å². The van der Waals surface area contributed by atoms with Crippen LogP contribution in [0.1, 0.15) is 48.9 Å². The van der Waals surface area contributed by atoms with Gasteiger partial charge in [0.2, 0.25) is 5.91 Å². The van der Waals surface area contributed by atoms with Crippen LogP contribution in [-0.2, 0) is 17.5 Å². The summed E-state index contributed by atoms with van der Waals surface area (Å²) in [6.45, 7) is 0.107. The number of alkyl halides is 3. The Kier molecular flexibility index (Phi) is 6.16. The van der Waals surface area contributed by atoms with Crippen molar-refractivity contribution in [2.24, 2.45) is 11.1 Å². The minimum Gasteiger partial charge on any atom is -0.350 e. The van der Waals surface area contributed by atoms with E-state index in [1.165, 1.54) is 18.3 Å². The summed E-state index contributed by atoms with van der Waals surface area (Å²) >= 11 is 5.74. The highest BCUT2D eigenvalue weighted by Crippen LogP contribution is 2.45. The van der Waals surface area contributed by atoms with E-state index in [0.29, 0.717) is 36.9 Å². The first kappa shape index (κ1) is 23.2. The standard InChI is InChI=1S/C23H21ClF3N5O/c24-18-6-3-14(9-17(18)23(25,26)27)20-30-10-15(11-31-21(33)22(12-28)7-8-22)19(32-20)13-1-4-16(29)5-2-13/h1,3,6,9-10,16H,2,4-5,7-8,11,29H2,(H,31,33). The third-order valence-electron chi connectivity index (χ3n) is 5.99. The molecule has 2 aliphatic rings. The fourth-order valence-electron chi connectivity index (χ4n) is 3.76. The molecule has 1 aromatic heterocycles. The number of hydrogen-bond acceptors (Lipinski definition) is 5. The van der Waals surface area contributed by atoms with Crippen molar-refractivity contribution in [3.05, 3.63) is 52.3 Å². The molecule has 33 heavy (non-hydrogen) atoms. The van der Waals surface area contributed by atoms with Gasteiger partial charge in [0.05, 0.1) is 22.3 Å². The SMILES string of the molecule is N#CC1(C(=O)NCc2cnc(-c3ccc(Cl)c(C(F)(F)F)c3)nc2C2=CCC(N)CC2)CC1. The Morgan fingerprint density at radius 2 is 2.12 bits per heavy atom. The molecule has 1 fully saturated rings. The average Bonchev–Trinajstić information content (AvgIpc) is 3.59. The quantitative estimate of drug-likeness (QED) is 0.656. The van der Waals surface area contributed by atoms with Crippen LogP contribution in [0.3, 0.4) is 0 Å². The minimum absolute atomic E-state index is 0.0363. The lowest BCUT2D eigenvalue weighted by molar-refractivity contribution is -0.137. The molecule has 3 N–H and O–H groups in total. The summed E-state index contributed by atoms with van der Waals surface area (Å²) in [6.07, 6.45) is 1.95. The monoisotopic (exact) mass is 475 g/mol. The molecule has 1 saturated carbocycles. The van der Waals surface area contributed by atoms with Crippen molar-refractivity contribution >= 4 is 23.1 Å². The second kappa shape index (κ2) is 8.76. The van der Waals surface area contributed by atoms with E-state index in [2.05, 4.69) is 21.4 Å². The van der Waals surface area contributed by atoms with Gasteiger partial charge in [0.1, 0.15) is 5.41 Å². The summed E-state index contributed by atoms with van der Waals surface area (Å²) in [7, 11) is 0. The van der Waals surface area contributed by atoms with Gasteiger partial charge in [-0.05, 0) is 55.9 Å². The molecule has 4 rings (SSSR count). The lowest BCUT2D eigenvalue weighted by Crippen LogP contribution is -2.31. The molecule has 1 heterocycles. The van der Waals surface area contributed by atoms with Gasteiger partial charge < -0.3 is 11.1 Å². The Labute approximate surface area is 193 Å². The summed E-state index contributed by atoms with van der Waals surface area (Å²) in [5.74, 6) is -0.221. The Bertz CT molecular complexity index is 1170. The summed E-state index contributed by atoms with van der Waals surface area (Å²) in [5.41, 5.74) is 6.32. The molecule has 0 radical (unpaired) electrons. The number of nitrogens with zero attached hydrogens (tertiary/aromatic N) is 3. The molecule has 1 amide bonds. The summed E-state index contributed by atoms with van der Waals surface area (Å²) < 4.78 is 39.9. The third kappa shape index (κ3) is 4.87. The van der Waals surface area contributed by atoms with Crippen molar-refractivity contribution < 1.29 is 18.0 Å². The van der Waals surface area contributed by atoms with Crippen molar-refractivity contribution in [3.63, 3.8) is 0 Å². The Balaban J connectivity index is 1.69. The first-order valence-corrected chi connectivity index (χ1v) is 10.9. The second-order valence-electron chi connectivity index (χ2n) is 8.40. The van der Waals surface area contributed by atoms with Crippen LogP contribution in [0, 0.1) is 16.7 Å². The van der Waals surface area contributed by atoms with Crippen LogP contribution >= 0.6 is 11.6 Å². The van der Waals surface area contributed by atoms with E-state index >= 15 is 0 Å². The van der Waals surface area contributed by atoms with Crippen LogP contribution in [0.2, 0.25) is 5.02 Å². The van der Waals surface area contributed by atoms with Gasteiger partial charge in [-0.15, -0.1) is 0 Å². The molecule has 1 aromatic carbocycles. The number of rotatable bonds is 5. The molecule has 0 aliphatic heterocycles. The van der Waals surface area contributed by atoms with Gasteiger partial charge in [-0.1, -0.05) is 17.7 Å². The number of allylic oxidation sites excluding steroid dienone is 1. The highest BCUT2D eigenvalue weighted by Gasteiger charge is 2.50. The van der Waals surface area contributed by atoms with E-state index in [-0.39, 0.29) is 29.9 Å². The van der Waals surface area contributed by atoms with Crippen LogP contribution in [0.4, 0.5) is 13.2 Å². The van der Waals surface area contributed by atoms with Crippen LogP contribution < -0.4 is 11.1 Å². The van der Waals surface area contributed by atoms with Gasteiger partial charge in [0.15, 0.2) is 5.82 Å². The smallest absolute Gasteiger partial charge is 0.350 e. The minimum atomic E-state index is -4.61. The van der Waals surface area contributed by atoms with E-state index in [0.717, 1.165) is 18.1 Å². The van der Waals surface area contributed by atoms with Gasteiger partial charge in [-0.3, -0.25) is 4.79 Å². The van der Waals surface area contributed by atoms with Crippen LogP contribution in [0.5, 0.6) is 0 Å². The van der Waals surface area contributed by atoms with Crippen LogP contribution in [0.15, 0.2) is 30.5 Å². The third-order valence-corrected chi connectivity index (χ3v) is 6.32. The second-order valence-corrected chi connectivity index (χ2v) is 8.81. The predicted molar refractivity (Wildman–Crippen MR) is 116 cm³/mol. The lowest BCUT2D eigenvalue weighted by Gasteiger charge is -2.20. The number of amides is 1. The fraction of sp³-hybridized carbons (Fsp3) is 0.391. The van der Waals surface area contributed by atoms with Crippen molar-refractivity contribution in [1.29, 1.82) is 5.26 Å². The number of carbonyl (C=O) groups is 1. The van der Waals surface area contributed by atoms with Crippen molar-refractivity contribution in [1.82, 2.24) is 15.3 Å². The molecule has 6 nitrogen and oxygen atoms in total. The maximum atomic E-state index is 13.3. The number of benzene rings is 1. The van der Waals surface area contributed by atoms with E-state index in [1.807, 2.05) is 6.08 Å². The van der Waals surface area contributed by atoms with Crippen LogP contribution in [0.25, 0.3) is 17.0 Å². The topological polar surface area (TPSA) is 105 Å². The normalized spacial score (nSPS) is 19.4. The van der Waals surface area contributed by atoms with Gasteiger partial charge >= 0.3 is 6.18 Å². The van der Waals surface area contributed by atoms with E-state index in [4.69, 9.17) is 17.3 Å². The Hall–Kier alpha value is -2.96. The molecule has 10 heteroatoms. The number of nitriles is 1. The zero-order chi connectivity index (χ0) is 23.8. The molecular weight excluding hydrogens is 455 g/mol. The molecular formula is C23H21ClF3N5O. The molecule has 0 spiro atoms. The largest absolute Gasteiger partial charge is 0.417 e. The molecule has 0 saturated heterocycles. The maximum absolute atomic E-state index is 13.3. The summed E-state index contributed by atoms with van der Waals surface area (Å²) in [4.78, 5) is 21.2. The molecule has 0 bridgehead atoms. The predicted octanol–water partition coefficient (Wildman–Crippen LogP) is 4.63. The number of hydrogen-bond donors (Lipinski definition) is 2. The number of carbonyl (C=O) groups excluding carboxylic acids is 1. The number of aromatic nitrogens is 2. The van der Waals surface area contributed by atoms with Crippen molar-refractivity contribution in [3.8, 4) is 17.5 Å². The van der Waals surface area contributed by atoms with E-state index in [9.17, 15) is 23.2 Å². The number of nitrogens with one attached hydrogen (secondary N) is 1. The van der Waals surface area contributed by atoms with Gasteiger partial charge in [0, 0.05) is 29.9 Å². The molecule has 1 unspecified atom stereocenters. The summed E-state index contributed by atoms with van der Waals surface area (Å²) in [6, 6.07) is 5.63. The van der Waals surface area contributed by atoms with Gasteiger partial charge in [-0.25, -0.2) is 9.97 Å². The first-order chi connectivity index (χ1) is 15.6. The van der Waals surface area contributed by atoms with Gasteiger partial charge in [0.25, 0.3) is 0 Å². The average molecular weight is 476 g/mol. The number of nitrogens with two attached hydrogens (primary N) is 1. The molecule has 2 aliphatic carbocycles. The van der Waals surface area contributed by atoms with Gasteiger partial charge in [-0.2, -0.15) is 18.4 Å². The Morgan fingerprint density at radius 1 is 1.36 bits per heavy atom. The highest BCUT2D eigenvalue weighted by atomic mass is 35.5. The van der Waals surface area contributed by atoms with Crippen LogP contribution in [-0.4, -0.2) is 21.9 Å². The molecule has 2 aromatic rings.